The lowest BCUT2D eigenvalue weighted by Crippen LogP contribution is -2.02. The lowest BCUT2D eigenvalue weighted by molar-refractivity contribution is 0.101. The first-order valence-electron chi connectivity index (χ1n) is 4.43. The molecule has 0 spiro atoms. The van der Waals surface area contributed by atoms with Crippen molar-refractivity contribution in [3.05, 3.63) is 34.9 Å². The number of carbonyl (C=O) groups is 1. The molecule has 1 rings (SSSR count). The minimum atomic E-state index is -0.792. The highest BCUT2D eigenvalue weighted by atomic mass is 19.1. The monoisotopic (exact) mass is 198 g/mol. The second kappa shape index (κ2) is 3.86. The van der Waals surface area contributed by atoms with Crippen molar-refractivity contribution >= 4 is 5.78 Å². The van der Waals surface area contributed by atoms with Crippen molar-refractivity contribution in [2.75, 3.05) is 0 Å². The van der Waals surface area contributed by atoms with Crippen LogP contribution in [0.25, 0.3) is 0 Å². The van der Waals surface area contributed by atoms with Gasteiger partial charge in [-0.05, 0) is 24.5 Å². The van der Waals surface area contributed by atoms with E-state index in [1.54, 1.807) is 13.8 Å². The molecule has 0 aromatic heterocycles. The maximum absolute atomic E-state index is 13.2. The van der Waals surface area contributed by atoms with Gasteiger partial charge in [-0.25, -0.2) is 8.78 Å². The van der Waals surface area contributed by atoms with Gasteiger partial charge in [-0.3, -0.25) is 4.79 Å². The molecule has 1 aromatic carbocycles. The first kappa shape index (κ1) is 10.8. The summed E-state index contributed by atoms with van der Waals surface area (Å²) in [6, 6.07) is 2.06. The number of hydrogen-bond donors (Lipinski definition) is 0. The molecule has 0 saturated carbocycles. The third-order valence-electron chi connectivity index (χ3n) is 2.09. The first-order valence-corrected chi connectivity index (χ1v) is 4.43. The van der Waals surface area contributed by atoms with Crippen molar-refractivity contribution < 1.29 is 13.6 Å². The summed E-state index contributed by atoms with van der Waals surface area (Å²) in [6.07, 6.45) is 0. The van der Waals surface area contributed by atoms with Crippen LogP contribution in [0.2, 0.25) is 0 Å². The summed E-state index contributed by atoms with van der Waals surface area (Å²) in [6.45, 7) is 4.85. The van der Waals surface area contributed by atoms with Crippen molar-refractivity contribution in [2.45, 2.75) is 26.7 Å². The zero-order valence-electron chi connectivity index (χ0n) is 8.40. The third-order valence-corrected chi connectivity index (χ3v) is 2.09. The van der Waals surface area contributed by atoms with Gasteiger partial charge in [0.05, 0.1) is 5.56 Å². The number of ketones is 1. The van der Waals surface area contributed by atoms with Gasteiger partial charge in [0, 0.05) is 6.07 Å². The first-order chi connectivity index (χ1) is 6.43. The zero-order valence-corrected chi connectivity index (χ0v) is 8.40. The quantitative estimate of drug-likeness (QED) is 0.666. The van der Waals surface area contributed by atoms with Gasteiger partial charge in [0.2, 0.25) is 0 Å². The van der Waals surface area contributed by atoms with Crippen LogP contribution in [0.15, 0.2) is 12.1 Å². The van der Waals surface area contributed by atoms with E-state index in [-0.39, 0.29) is 17.3 Å². The second-order valence-corrected chi connectivity index (χ2v) is 3.56. The van der Waals surface area contributed by atoms with Gasteiger partial charge in [0.15, 0.2) is 5.78 Å². The highest BCUT2D eigenvalue weighted by Gasteiger charge is 2.14. The number of rotatable bonds is 2. The molecule has 14 heavy (non-hydrogen) atoms. The van der Waals surface area contributed by atoms with Gasteiger partial charge < -0.3 is 0 Å². The Balaban J connectivity index is 3.34. The van der Waals surface area contributed by atoms with Crippen LogP contribution in [-0.2, 0) is 0 Å². The Kier molecular flexibility index (Phi) is 2.99. The van der Waals surface area contributed by atoms with E-state index in [1.807, 2.05) is 0 Å². The van der Waals surface area contributed by atoms with Crippen LogP contribution >= 0.6 is 0 Å². The number of benzene rings is 1. The van der Waals surface area contributed by atoms with E-state index in [2.05, 4.69) is 0 Å². The molecule has 0 radical (unpaired) electrons. The predicted molar refractivity (Wildman–Crippen MR) is 50.5 cm³/mol. The Bertz CT molecular complexity index is 370. The summed E-state index contributed by atoms with van der Waals surface area (Å²) in [5.74, 6) is -1.83. The fraction of sp³-hybridized carbons (Fsp3) is 0.364. The number of carbonyl (C=O) groups excluding carboxylic acids is 1. The maximum Gasteiger partial charge on any atom is 0.162 e. The van der Waals surface area contributed by atoms with E-state index in [1.165, 1.54) is 13.0 Å². The van der Waals surface area contributed by atoms with Gasteiger partial charge in [0.25, 0.3) is 0 Å². The zero-order chi connectivity index (χ0) is 10.9. The Hall–Kier alpha value is -1.25. The average molecular weight is 198 g/mol. The predicted octanol–water partition coefficient (Wildman–Crippen LogP) is 3.29. The molecule has 0 N–H and O–H groups in total. The van der Waals surface area contributed by atoms with Gasteiger partial charge in [0.1, 0.15) is 11.6 Å². The van der Waals surface area contributed by atoms with Crippen LogP contribution in [0, 0.1) is 11.6 Å². The number of hydrogen-bond acceptors (Lipinski definition) is 1. The van der Waals surface area contributed by atoms with E-state index in [0.717, 1.165) is 6.07 Å². The molecule has 3 heteroatoms. The highest BCUT2D eigenvalue weighted by Crippen LogP contribution is 2.22. The molecular formula is C11H12F2O. The molecule has 0 fully saturated rings. The Morgan fingerprint density at radius 2 is 1.79 bits per heavy atom. The molecule has 0 aliphatic carbocycles. The van der Waals surface area contributed by atoms with Crippen LogP contribution in [0.4, 0.5) is 8.78 Å². The normalized spacial score (nSPS) is 10.7. The molecule has 1 aromatic rings. The van der Waals surface area contributed by atoms with Gasteiger partial charge in [-0.1, -0.05) is 13.8 Å². The Labute approximate surface area is 81.7 Å². The second-order valence-electron chi connectivity index (χ2n) is 3.56. The van der Waals surface area contributed by atoms with Crippen molar-refractivity contribution in [3.8, 4) is 0 Å². The molecule has 0 unspecified atom stereocenters. The summed E-state index contributed by atoms with van der Waals surface area (Å²) < 4.78 is 26.3. The topological polar surface area (TPSA) is 17.1 Å². The molecule has 0 saturated heterocycles. The lowest BCUT2D eigenvalue weighted by atomic mass is 9.98. The molecule has 0 atom stereocenters. The van der Waals surface area contributed by atoms with E-state index in [0.29, 0.717) is 5.56 Å². The molecule has 0 bridgehead atoms. The van der Waals surface area contributed by atoms with E-state index >= 15 is 0 Å². The molecular weight excluding hydrogens is 186 g/mol. The van der Waals surface area contributed by atoms with Crippen LogP contribution in [0.1, 0.15) is 42.6 Å². The van der Waals surface area contributed by atoms with E-state index in [4.69, 9.17) is 0 Å². The summed E-state index contributed by atoms with van der Waals surface area (Å²) in [7, 11) is 0. The summed E-state index contributed by atoms with van der Waals surface area (Å²) >= 11 is 0. The van der Waals surface area contributed by atoms with Gasteiger partial charge >= 0.3 is 0 Å². The van der Waals surface area contributed by atoms with Crippen LogP contribution in [0.5, 0.6) is 0 Å². The standard InChI is InChI=1S/C11H12F2O/c1-6(2)8-4-9(7(3)14)11(13)5-10(8)12/h4-6H,1-3H3. The van der Waals surface area contributed by atoms with Gasteiger partial charge in [-0.2, -0.15) is 0 Å². The van der Waals surface area contributed by atoms with Crippen LogP contribution in [-0.4, -0.2) is 5.78 Å². The molecule has 0 aliphatic rings. The van der Waals surface area contributed by atoms with E-state index in [9.17, 15) is 13.6 Å². The SMILES string of the molecule is CC(=O)c1cc(C(C)C)c(F)cc1F. The third kappa shape index (κ3) is 1.97. The molecule has 0 heterocycles. The van der Waals surface area contributed by atoms with E-state index < -0.39 is 11.6 Å². The smallest absolute Gasteiger partial charge is 0.162 e. The molecule has 76 valence electrons. The fourth-order valence-electron chi connectivity index (χ4n) is 1.28. The van der Waals surface area contributed by atoms with Crippen LogP contribution in [0.3, 0.4) is 0 Å². The van der Waals surface area contributed by atoms with Crippen molar-refractivity contribution in [3.63, 3.8) is 0 Å². The van der Waals surface area contributed by atoms with Crippen molar-refractivity contribution in [1.29, 1.82) is 0 Å². The number of Topliss-reactive ketones (excluding diaryl/α,β-unsaturated/α-hetero) is 1. The summed E-state index contributed by atoms with van der Waals surface area (Å²) in [4.78, 5) is 11.0. The summed E-state index contributed by atoms with van der Waals surface area (Å²) in [5, 5.41) is 0. The Morgan fingerprint density at radius 1 is 1.21 bits per heavy atom. The molecule has 0 aliphatic heterocycles. The molecule has 0 amide bonds. The maximum atomic E-state index is 13.2. The fourth-order valence-corrected chi connectivity index (χ4v) is 1.28. The molecule has 1 nitrogen and oxygen atoms in total. The van der Waals surface area contributed by atoms with Crippen molar-refractivity contribution in [2.24, 2.45) is 0 Å². The van der Waals surface area contributed by atoms with Crippen molar-refractivity contribution in [1.82, 2.24) is 0 Å². The number of halogens is 2. The highest BCUT2D eigenvalue weighted by molar-refractivity contribution is 5.94. The average Bonchev–Trinajstić information content (AvgIpc) is 2.02. The minimum absolute atomic E-state index is 0.0462. The Morgan fingerprint density at radius 3 is 2.21 bits per heavy atom. The van der Waals surface area contributed by atoms with Gasteiger partial charge in [-0.15, -0.1) is 0 Å². The largest absolute Gasteiger partial charge is 0.294 e. The van der Waals surface area contributed by atoms with Crippen LogP contribution < -0.4 is 0 Å². The lowest BCUT2D eigenvalue weighted by Gasteiger charge is -2.09. The summed E-state index contributed by atoms with van der Waals surface area (Å²) in [5.41, 5.74) is 0.326. The minimum Gasteiger partial charge on any atom is -0.294 e.